The number of aliphatic hydroxyl groups is 1. The second-order valence-electron chi connectivity index (χ2n) is 6.32. The molecule has 0 fully saturated rings. The molecule has 0 spiro atoms. The first-order valence-electron chi connectivity index (χ1n) is 9.09. The number of hydrogen-bond donors (Lipinski definition) is 3. The molecule has 2 heterocycles. The molecule has 29 heavy (non-hydrogen) atoms. The first kappa shape index (κ1) is 23.7. The number of guanidine groups is 1. The molecule has 1 aromatic carbocycles. The second kappa shape index (κ2) is 11.5. The van der Waals surface area contributed by atoms with Crippen LogP contribution in [-0.2, 0) is 6.54 Å². The van der Waals surface area contributed by atoms with Crippen LogP contribution in [0.25, 0.3) is 11.3 Å². The topological polar surface area (TPSA) is 76.5 Å². The summed E-state index contributed by atoms with van der Waals surface area (Å²) < 4.78 is 0.661. The lowest BCUT2D eigenvalue weighted by atomic mass is 10.2. The summed E-state index contributed by atoms with van der Waals surface area (Å²) in [6.45, 7) is 3.58. The van der Waals surface area contributed by atoms with Crippen molar-refractivity contribution in [3.63, 3.8) is 0 Å². The molecule has 1 atom stereocenters. The predicted octanol–water partition coefficient (Wildman–Crippen LogP) is 4.54. The van der Waals surface area contributed by atoms with Crippen molar-refractivity contribution in [3.8, 4) is 11.3 Å². The average molecular weight is 546 g/mol. The number of aromatic amines is 1. The molecule has 3 rings (SSSR count). The standard InChI is InChI=1S/C20H24ClN5OS.HI/c1-3-22-20(24-12-16(27)17-9-10-18(21)28-17)26(2)13-19-23-11-15(25-19)14-7-5-4-6-8-14;/h4-11,16,27H,3,12-13H2,1-2H3,(H,22,24)(H,23,25);1H. The average Bonchev–Trinajstić information content (AvgIpc) is 3.34. The molecule has 0 aliphatic rings. The quantitative estimate of drug-likeness (QED) is 0.231. The van der Waals surface area contributed by atoms with Crippen molar-refractivity contribution < 1.29 is 5.11 Å². The summed E-state index contributed by atoms with van der Waals surface area (Å²) in [7, 11) is 1.95. The highest BCUT2D eigenvalue weighted by Gasteiger charge is 2.13. The van der Waals surface area contributed by atoms with E-state index in [-0.39, 0.29) is 30.5 Å². The Morgan fingerprint density at radius 1 is 1.31 bits per heavy atom. The van der Waals surface area contributed by atoms with Gasteiger partial charge >= 0.3 is 0 Å². The Morgan fingerprint density at radius 2 is 2.07 bits per heavy atom. The van der Waals surface area contributed by atoms with Crippen molar-refractivity contribution in [2.45, 2.75) is 19.6 Å². The fourth-order valence-electron chi connectivity index (χ4n) is 2.75. The van der Waals surface area contributed by atoms with Gasteiger partial charge in [0.2, 0.25) is 0 Å². The molecule has 0 bridgehead atoms. The van der Waals surface area contributed by atoms with Crippen molar-refractivity contribution >= 4 is 52.9 Å². The molecule has 0 amide bonds. The third-order valence-corrected chi connectivity index (χ3v) is 5.47. The van der Waals surface area contributed by atoms with E-state index >= 15 is 0 Å². The van der Waals surface area contributed by atoms with Crippen LogP contribution < -0.4 is 5.32 Å². The molecule has 3 N–H and O–H groups in total. The van der Waals surface area contributed by atoms with Crippen molar-refractivity contribution in [1.82, 2.24) is 20.2 Å². The molecule has 0 saturated heterocycles. The Balaban J connectivity index is 0.00000300. The number of imidazole rings is 1. The summed E-state index contributed by atoms with van der Waals surface area (Å²) >= 11 is 7.31. The number of hydrogen-bond acceptors (Lipinski definition) is 4. The largest absolute Gasteiger partial charge is 0.386 e. The lowest BCUT2D eigenvalue weighted by Gasteiger charge is -2.21. The van der Waals surface area contributed by atoms with Crippen LogP contribution in [0.1, 0.15) is 23.7 Å². The summed E-state index contributed by atoms with van der Waals surface area (Å²) in [5.41, 5.74) is 2.08. The molecule has 156 valence electrons. The zero-order chi connectivity index (χ0) is 19.9. The highest BCUT2D eigenvalue weighted by Crippen LogP contribution is 2.27. The first-order chi connectivity index (χ1) is 13.6. The number of aliphatic hydroxyl groups excluding tert-OH is 1. The summed E-state index contributed by atoms with van der Waals surface area (Å²) in [5.74, 6) is 1.56. The Hall–Kier alpha value is -1.62. The van der Waals surface area contributed by atoms with Crippen LogP contribution in [0.5, 0.6) is 0 Å². The number of thiophene rings is 1. The summed E-state index contributed by atoms with van der Waals surface area (Å²) in [4.78, 5) is 15.2. The number of aliphatic imine (C=N–C) groups is 1. The van der Waals surface area contributed by atoms with Gasteiger partial charge in [0.25, 0.3) is 0 Å². The molecule has 0 aliphatic heterocycles. The van der Waals surface area contributed by atoms with Gasteiger partial charge in [0.15, 0.2) is 5.96 Å². The van der Waals surface area contributed by atoms with Crippen LogP contribution in [0.4, 0.5) is 0 Å². The van der Waals surface area contributed by atoms with E-state index in [2.05, 4.69) is 20.3 Å². The minimum absolute atomic E-state index is 0. The highest BCUT2D eigenvalue weighted by atomic mass is 127. The molecule has 1 unspecified atom stereocenters. The van der Waals surface area contributed by atoms with Crippen molar-refractivity contribution in [2.24, 2.45) is 4.99 Å². The molecule has 2 aromatic heterocycles. The van der Waals surface area contributed by atoms with Gasteiger partial charge in [-0.2, -0.15) is 0 Å². The van der Waals surface area contributed by atoms with Gasteiger partial charge in [-0.15, -0.1) is 35.3 Å². The minimum Gasteiger partial charge on any atom is -0.386 e. The van der Waals surface area contributed by atoms with Gasteiger partial charge in [-0.1, -0.05) is 41.9 Å². The van der Waals surface area contributed by atoms with Gasteiger partial charge in [0, 0.05) is 18.5 Å². The van der Waals surface area contributed by atoms with Gasteiger partial charge in [-0.25, -0.2) is 4.98 Å². The maximum absolute atomic E-state index is 10.3. The Morgan fingerprint density at radius 3 is 2.72 bits per heavy atom. The summed E-state index contributed by atoms with van der Waals surface area (Å²) in [5, 5.41) is 13.6. The monoisotopic (exact) mass is 545 g/mol. The molecular formula is C20H25ClIN5OS. The van der Waals surface area contributed by atoms with Crippen LogP contribution in [-0.4, -0.2) is 46.1 Å². The smallest absolute Gasteiger partial charge is 0.194 e. The molecule has 0 radical (unpaired) electrons. The van der Waals surface area contributed by atoms with Gasteiger partial charge in [0.1, 0.15) is 11.9 Å². The number of nitrogens with one attached hydrogen (secondary N) is 2. The van der Waals surface area contributed by atoms with Crippen molar-refractivity contribution in [2.75, 3.05) is 20.1 Å². The number of benzene rings is 1. The Labute approximate surface area is 197 Å². The Bertz CT molecular complexity index is 915. The highest BCUT2D eigenvalue weighted by molar-refractivity contribution is 14.0. The van der Waals surface area contributed by atoms with Crippen LogP contribution in [0.3, 0.4) is 0 Å². The maximum Gasteiger partial charge on any atom is 0.194 e. The number of halogens is 2. The van der Waals surface area contributed by atoms with Gasteiger partial charge in [-0.3, -0.25) is 4.99 Å². The van der Waals surface area contributed by atoms with E-state index in [0.29, 0.717) is 16.8 Å². The van der Waals surface area contributed by atoms with Gasteiger partial charge in [0.05, 0.1) is 29.3 Å². The number of nitrogens with zero attached hydrogens (tertiary/aromatic N) is 3. The van der Waals surface area contributed by atoms with E-state index in [1.807, 2.05) is 61.5 Å². The normalized spacial score (nSPS) is 12.3. The minimum atomic E-state index is -0.673. The third kappa shape index (κ3) is 6.70. The Kier molecular flexibility index (Phi) is 9.41. The van der Waals surface area contributed by atoms with Gasteiger partial charge < -0.3 is 20.3 Å². The fourth-order valence-corrected chi connectivity index (χ4v) is 3.78. The van der Waals surface area contributed by atoms with E-state index < -0.39 is 6.10 Å². The van der Waals surface area contributed by atoms with Crippen molar-refractivity contribution in [1.29, 1.82) is 0 Å². The lowest BCUT2D eigenvalue weighted by Crippen LogP contribution is -2.39. The van der Waals surface area contributed by atoms with E-state index in [1.165, 1.54) is 11.3 Å². The van der Waals surface area contributed by atoms with Crippen LogP contribution in [0.2, 0.25) is 4.34 Å². The lowest BCUT2D eigenvalue weighted by molar-refractivity contribution is 0.190. The van der Waals surface area contributed by atoms with Crippen LogP contribution in [0.15, 0.2) is 53.7 Å². The molecule has 9 heteroatoms. The van der Waals surface area contributed by atoms with E-state index in [4.69, 9.17) is 11.6 Å². The van der Waals surface area contributed by atoms with Crippen LogP contribution >= 0.6 is 46.9 Å². The SMILES string of the molecule is CCNC(=NCC(O)c1ccc(Cl)s1)N(C)Cc1ncc(-c2ccccc2)[nH]1.I. The van der Waals surface area contributed by atoms with E-state index in [9.17, 15) is 5.11 Å². The first-order valence-corrected chi connectivity index (χ1v) is 10.3. The molecule has 0 saturated carbocycles. The summed E-state index contributed by atoms with van der Waals surface area (Å²) in [6, 6.07) is 13.7. The number of H-pyrrole nitrogens is 1. The number of rotatable bonds is 7. The third-order valence-electron chi connectivity index (χ3n) is 4.13. The molecule has 6 nitrogen and oxygen atoms in total. The van der Waals surface area contributed by atoms with Crippen LogP contribution in [0, 0.1) is 0 Å². The predicted molar refractivity (Wildman–Crippen MR) is 131 cm³/mol. The van der Waals surface area contributed by atoms with E-state index in [0.717, 1.165) is 28.5 Å². The fraction of sp³-hybridized carbons (Fsp3) is 0.300. The van der Waals surface area contributed by atoms with Crippen molar-refractivity contribution in [3.05, 3.63) is 63.7 Å². The molecule has 0 aliphatic carbocycles. The zero-order valence-electron chi connectivity index (χ0n) is 16.3. The van der Waals surface area contributed by atoms with Gasteiger partial charge in [-0.05, 0) is 24.6 Å². The molecular weight excluding hydrogens is 521 g/mol. The zero-order valence-corrected chi connectivity index (χ0v) is 20.2. The maximum atomic E-state index is 10.3. The summed E-state index contributed by atoms with van der Waals surface area (Å²) in [6.07, 6.45) is 1.17. The second-order valence-corrected chi connectivity index (χ2v) is 8.06. The van der Waals surface area contributed by atoms with E-state index in [1.54, 1.807) is 6.07 Å². The number of aromatic nitrogens is 2. The molecule has 3 aromatic rings.